The third-order valence-corrected chi connectivity index (χ3v) is 6.43. The van der Waals surface area contributed by atoms with Crippen LogP contribution in [0.1, 0.15) is 26.7 Å². The third-order valence-electron chi connectivity index (χ3n) is 4.32. The van der Waals surface area contributed by atoms with E-state index in [4.69, 9.17) is 4.74 Å². The number of benzene rings is 1. The number of rotatable bonds is 6. The largest absolute Gasteiger partial charge is 0.497 e. The molecule has 1 aliphatic heterocycles. The summed E-state index contributed by atoms with van der Waals surface area (Å²) in [4.78, 5) is 14.1. The van der Waals surface area contributed by atoms with Crippen molar-refractivity contribution in [2.24, 2.45) is 5.92 Å². The van der Waals surface area contributed by atoms with E-state index in [0.717, 1.165) is 12.8 Å². The molecule has 0 spiro atoms. The first kappa shape index (κ1) is 16.8. The van der Waals surface area contributed by atoms with Gasteiger partial charge in [0, 0.05) is 19.0 Å². The first-order chi connectivity index (χ1) is 10.4. The third kappa shape index (κ3) is 3.11. The van der Waals surface area contributed by atoms with E-state index in [2.05, 4.69) is 0 Å². The summed E-state index contributed by atoms with van der Waals surface area (Å²) in [5.41, 5.74) is 0. The van der Waals surface area contributed by atoms with Gasteiger partial charge in [0.1, 0.15) is 11.0 Å². The van der Waals surface area contributed by atoms with Gasteiger partial charge >= 0.3 is 0 Å². The van der Waals surface area contributed by atoms with E-state index in [1.807, 2.05) is 13.8 Å². The number of carbonyl (C=O) groups excluding carboxylic acids is 1. The molecule has 0 bridgehead atoms. The van der Waals surface area contributed by atoms with Gasteiger partial charge in [-0.25, -0.2) is 8.42 Å². The molecule has 0 N–H and O–H groups in total. The molecule has 1 amide bonds. The molecule has 1 aliphatic rings. The molecular formula is C16H23NO4S. The van der Waals surface area contributed by atoms with Crippen LogP contribution in [0.15, 0.2) is 29.2 Å². The first-order valence-electron chi connectivity index (χ1n) is 7.60. The highest BCUT2D eigenvalue weighted by Crippen LogP contribution is 2.27. The highest BCUT2D eigenvalue weighted by Gasteiger charge is 2.41. The van der Waals surface area contributed by atoms with Crippen molar-refractivity contribution in [3.05, 3.63) is 24.3 Å². The summed E-state index contributed by atoms with van der Waals surface area (Å²) in [6, 6.07) is 6.39. The summed E-state index contributed by atoms with van der Waals surface area (Å²) in [6.07, 6.45) is 1.59. The summed E-state index contributed by atoms with van der Waals surface area (Å²) < 4.78 is 30.1. The smallest absolute Gasteiger partial charge is 0.225 e. The average molecular weight is 325 g/mol. The van der Waals surface area contributed by atoms with Crippen molar-refractivity contribution >= 4 is 15.7 Å². The summed E-state index contributed by atoms with van der Waals surface area (Å²) in [6.45, 7) is 4.56. The van der Waals surface area contributed by atoms with Crippen molar-refractivity contribution in [2.75, 3.05) is 20.2 Å². The maximum absolute atomic E-state index is 12.5. The minimum atomic E-state index is -3.38. The van der Waals surface area contributed by atoms with Crippen molar-refractivity contribution in [1.29, 1.82) is 0 Å². The van der Waals surface area contributed by atoms with Crippen LogP contribution in [0.4, 0.5) is 0 Å². The van der Waals surface area contributed by atoms with Crippen molar-refractivity contribution in [3.8, 4) is 5.75 Å². The number of hydrogen-bond acceptors (Lipinski definition) is 4. The molecule has 1 heterocycles. The van der Waals surface area contributed by atoms with Crippen LogP contribution in [0.5, 0.6) is 5.75 Å². The predicted octanol–water partition coefficient (Wildman–Crippen LogP) is 2.12. The van der Waals surface area contributed by atoms with Gasteiger partial charge in [0.2, 0.25) is 5.91 Å². The summed E-state index contributed by atoms with van der Waals surface area (Å²) in [5, 5.41) is -0.501. The minimum absolute atomic E-state index is 0.00430. The number of methoxy groups -OCH3 is 1. The Kier molecular flexibility index (Phi) is 5.11. The van der Waals surface area contributed by atoms with Crippen molar-refractivity contribution < 1.29 is 17.9 Å². The average Bonchev–Trinajstić information content (AvgIpc) is 2.46. The standard InChI is InChI=1S/C16H23NO4S/c1-4-12(5-2)16(18)17-10-15(11-17)22(19,20)14-8-6-13(21-3)7-9-14/h6-9,12,15H,4-5,10-11H2,1-3H3. The van der Waals surface area contributed by atoms with Gasteiger partial charge in [0.25, 0.3) is 0 Å². The summed E-state index contributed by atoms with van der Waals surface area (Å²) in [7, 11) is -1.84. The lowest BCUT2D eigenvalue weighted by Gasteiger charge is -2.40. The predicted molar refractivity (Wildman–Crippen MR) is 84.6 cm³/mol. The Morgan fingerprint density at radius 3 is 2.23 bits per heavy atom. The van der Waals surface area contributed by atoms with E-state index >= 15 is 0 Å². The lowest BCUT2D eigenvalue weighted by atomic mass is 10.00. The fourth-order valence-corrected chi connectivity index (χ4v) is 4.32. The zero-order chi connectivity index (χ0) is 16.3. The topological polar surface area (TPSA) is 63.7 Å². The second-order valence-electron chi connectivity index (χ2n) is 5.60. The lowest BCUT2D eigenvalue weighted by Crippen LogP contribution is -2.58. The van der Waals surface area contributed by atoms with Crippen LogP contribution in [0.25, 0.3) is 0 Å². The zero-order valence-electron chi connectivity index (χ0n) is 13.3. The monoisotopic (exact) mass is 325 g/mol. The maximum Gasteiger partial charge on any atom is 0.225 e. The van der Waals surface area contributed by atoms with E-state index < -0.39 is 15.1 Å². The van der Waals surface area contributed by atoms with Crippen LogP contribution in [0.3, 0.4) is 0 Å². The molecule has 0 radical (unpaired) electrons. The number of sulfone groups is 1. The maximum atomic E-state index is 12.5. The molecule has 1 aromatic rings. The van der Waals surface area contributed by atoms with Gasteiger partial charge < -0.3 is 9.64 Å². The molecular weight excluding hydrogens is 302 g/mol. The highest BCUT2D eigenvalue weighted by molar-refractivity contribution is 7.92. The molecule has 0 aliphatic carbocycles. The Morgan fingerprint density at radius 2 is 1.77 bits per heavy atom. The molecule has 22 heavy (non-hydrogen) atoms. The number of nitrogens with zero attached hydrogens (tertiary/aromatic N) is 1. The van der Waals surface area contributed by atoms with Crippen molar-refractivity contribution in [3.63, 3.8) is 0 Å². The van der Waals surface area contributed by atoms with Gasteiger partial charge in [-0.2, -0.15) is 0 Å². The molecule has 1 fully saturated rings. The van der Waals surface area contributed by atoms with Gasteiger partial charge in [-0.3, -0.25) is 4.79 Å². The van der Waals surface area contributed by atoms with Crippen LogP contribution in [0, 0.1) is 5.92 Å². The van der Waals surface area contributed by atoms with Gasteiger partial charge in [-0.1, -0.05) is 13.8 Å². The summed E-state index contributed by atoms with van der Waals surface area (Å²) >= 11 is 0. The molecule has 2 rings (SSSR count). The number of carbonyl (C=O) groups is 1. The van der Waals surface area contributed by atoms with Gasteiger partial charge in [-0.15, -0.1) is 0 Å². The van der Waals surface area contributed by atoms with E-state index in [-0.39, 0.29) is 16.7 Å². The fourth-order valence-electron chi connectivity index (χ4n) is 2.67. The molecule has 5 nitrogen and oxygen atoms in total. The van der Waals surface area contributed by atoms with Crippen LogP contribution < -0.4 is 4.74 Å². The Balaban J connectivity index is 2.03. The number of ether oxygens (including phenoxy) is 1. The van der Waals surface area contributed by atoms with Crippen LogP contribution in [-0.4, -0.2) is 44.7 Å². The molecule has 0 unspecified atom stereocenters. The molecule has 0 atom stereocenters. The second-order valence-corrected chi connectivity index (χ2v) is 7.83. The normalized spacial score (nSPS) is 15.7. The van der Waals surface area contributed by atoms with Gasteiger partial charge in [-0.05, 0) is 37.1 Å². The van der Waals surface area contributed by atoms with Crippen LogP contribution in [0.2, 0.25) is 0 Å². The van der Waals surface area contributed by atoms with Gasteiger partial charge in [0.05, 0.1) is 12.0 Å². The molecule has 0 aromatic heterocycles. The summed E-state index contributed by atoms with van der Waals surface area (Å²) in [5.74, 6) is 0.703. The second kappa shape index (κ2) is 6.69. The van der Waals surface area contributed by atoms with E-state index in [1.165, 1.54) is 7.11 Å². The van der Waals surface area contributed by atoms with Crippen LogP contribution >= 0.6 is 0 Å². The first-order valence-corrected chi connectivity index (χ1v) is 9.15. The Labute approximate surface area is 132 Å². The minimum Gasteiger partial charge on any atom is -0.497 e. The van der Waals surface area contributed by atoms with Crippen molar-refractivity contribution in [1.82, 2.24) is 4.90 Å². The SMILES string of the molecule is CCC(CC)C(=O)N1CC(S(=O)(=O)c2ccc(OC)cc2)C1. The highest BCUT2D eigenvalue weighted by atomic mass is 32.2. The number of amides is 1. The van der Waals surface area contributed by atoms with Gasteiger partial charge in [0.15, 0.2) is 9.84 Å². The number of hydrogen-bond donors (Lipinski definition) is 0. The van der Waals surface area contributed by atoms with E-state index in [1.54, 1.807) is 29.2 Å². The Morgan fingerprint density at radius 1 is 1.23 bits per heavy atom. The van der Waals surface area contributed by atoms with Crippen molar-refractivity contribution in [2.45, 2.75) is 36.8 Å². The molecule has 1 saturated heterocycles. The zero-order valence-corrected chi connectivity index (χ0v) is 14.1. The molecule has 122 valence electrons. The van der Waals surface area contributed by atoms with E-state index in [9.17, 15) is 13.2 Å². The molecule has 0 saturated carbocycles. The quantitative estimate of drug-likeness (QED) is 0.803. The molecule has 1 aromatic carbocycles. The molecule has 6 heteroatoms. The van der Waals surface area contributed by atoms with Crippen LogP contribution in [-0.2, 0) is 14.6 Å². The number of likely N-dealkylation sites (tertiary alicyclic amines) is 1. The fraction of sp³-hybridized carbons (Fsp3) is 0.562. The lowest BCUT2D eigenvalue weighted by molar-refractivity contribution is -0.139. The Hall–Kier alpha value is -1.56. The van der Waals surface area contributed by atoms with E-state index in [0.29, 0.717) is 18.8 Å². The Bertz CT molecular complexity index is 614.